The van der Waals surface area contributed by atoms with Crippen molar-refractivity contribution in [3.05, 3.63) is 77.1 Å². The van der Waals surface area contributed by atoms with Gasteiger partial charge in [0.25, 0.3) is 0 Å². The van der Waals surface area contributed by atoms with Crippen molar-refractivity contribution >= 4 is 10.8 Å². The summed E-state index contributed by atoms with van der Waals surface area (Å²) in [4.78, 5) is 4.34. The third kappa shape index (κ3) is 2.81. The fraction of sp³-hybridized carbons (Fsp3) is 0.211. The molecule has 0 fully saturated rings. The van der Waals surface area contributed by atoms with E-state index in [0.29, 0.717) is 0 Å². The summed E-state index contributed by atoms with van der Waals surface area (Å²) in [5.41, 5.74) is 11.5. The topological polar surface area (TPSA) is 38.9 Å². The van der Waals surface area contributed by atoms with Crippen molar-refractivity contribution in [2.75, 3.05) is 0 Å². The molecule has 2 N–H and O–H groups in total. The van der Waals surface area contributed by atoms with Crippen LogP contribution in [0, 0.1) is 13.8 Å². The van der Waals surface area contributed by atoms with E-state index in [2.05, 4.69) is 55.2 Å². The van der Waals surface area contributed by atoms with E-state index in [0.717, 1.165) is 17.4 Å². The van der Waals surface area contributed by atoms with Gasteiger partial charge in [0.05, 0.1) is 0 Å². The highest BCUT2D eigenvalue weighted by atomic mass is 14.7. The van der Waals surface area contributed by atoms with Crippen molar-refractivity contribution in [1.29, 1.82) is 0 Å². The van der Waals surface area contributed by atoms with Gasteiger partial charge in [0.15, 0.2) is 0 Å². The molecule has 2 heteroatoms. The Kier molecular flexibility index (Phi) is 3.72. The summed E-state index contributed by atoms with van der Waals surface area (Å²) in [6.07, 6.45) is 4.63. The Balaban J connectivity index is 1.97. The molecule has 0 amide bonds. The molecule has 0 radical (unpaired) electrons. The number of nitrogens with two attached hydrogens (primary N) is 1. The predicted octanol–water partition coefficient (Wildman–Crippen LogP) is 4.09. The molecule has 3 aromatic rings. The minimum Gasteiger partial charge on any atom is -0.324 e. The molecule has 106 valence electrons. The normalized spacial score (nSPS) is 12.5. The van der Waals surface area contributed by atoms with Gasteiger partial charge >= 0.3 is 0 Å². The number of pyridine rings is 1. The number of benzene rings is 2. The van der Waals surface area contributed by atoms with E-state index in [4.69, 9.17) is 5.73 Å². The molecule has 0 aliphatic heterocycles. The first-order valence-electron chi connectivity index (χ1n) is 7.29. The van der Waals surface area contributed by atoms with E-state index in [1.54, 1.807) is 0 Å². The Morgan fingerprint density at radius 2 is 1.86 bits per heavy atom. The summed E-state index contributed by atoms with van der Waals surface area (Å²) in [6, 6.07) is 14.8. The van der Waals surface area contributed by atoms with Crippen molar-refractivity contribution in [1.82, 2.24) is 4.98 Å². The monoisotopic (exact) mass is 276 g/mol. The molecule has 2 aromatic carbocycles. The Hall–Kier alpha value is -2.19. The molecule has 1 unspecified atom stereocenters. The van der Waals surface area contributed by atoms with Gasteiger partial charge in [0.1, 0.15) is 0 Å². The Labute approximate surface area is 125 Å². The second-order valence-electron chi connectivity index (χ2n) is 5.69. The molecular formula is C19H20N2. The van der Waals surface area contributed by atoms with Crippen molar-refractivity contribution < 1.29 is 0 Å². The van der Waals surface area contributed by atoms with Crippen LogP contribution in [0.3, 0.4) is 0 Å². The van der Waals surface area contributed by atoms with Crippen LogP contribution in [0.25, 0.3) is 10.8 Å². The quantitative estimate of drug-likeness (QED) is 0.782. The average Bonchev–Trinajstić information content (AvgIpc) is 2.50. The predicted molar refractivity (Wildman–Crippen MR) is 88.3 cm³/mol. The largest absolute Gasteiger partial charge is 0.324 e. The van der Waals surface area contributed by atoms with Crippen molar-refractivity contribution in [2.24, 2.45) is 5.73 Å². The molecule has 0 saturated heterocycles. The lowest BCUT2D eigenvalue weighted by Gasteiger charge is -2.16. The number of nitrogens with zero attached hydrogens (tertiary/aromatic N) is 1. The van der Waals surface area contributed by atoms with E-state index in [1.165, 1.54) is 22.1 Å². The highest BCUT2D eigenvalue weighted by Gasteiger charge is 2.12. The maximum Gasteiger partial charge on any atom is 0.0357 e. The summed E-state index contributed by atoms with van der Waals surface area (Å²) in [5, 5.41) is 2.34. The molecule has 2 nitrogen and oxygen atoms in total. The van der Waals surface area contributed by atoms with E-state index < -0.39 is 0 Å². The lowest BCUT2D eigenvalue weighted by molar-refractivity contribution is 0.721. The number of aryl methyl sites for hydroxylation is 2. The number of aromatic nitrogens is 1. The zero-order valence-corrected chi connectivity index (χ0v) is 12.5. The maximum atomic E-state index is 6.47. The van der Waals surface area contributed by atoms with Crippen LogP contribution in [0.15, 0.2) is 54.9 Å². The van der Waals surface area contributed by atoms with Gasteiger partial charge < -0.3 is 5.73 Å². The van der Waals surface area contributed by atoms with Gasteiger partial charge in [-0.1, -0.05) is 48.0 Å². The molecule has 1 heterocycles. The van der Waals surface area contributed by atoms with Crippen molar-refractivity contribution in [3.63, 3.8) is 0 Å². The average molecular weight is 276 g/mol. The van der Waals surface area contributed by atoms with Crippen LogP contribution in [-0.4, -0.2) is 4.98 Å². The fourth-order valence-corrected chi connectivity index (χ4v) is 2.80. The van der Waals surface area contributed by atoms with Gasteiger partial charge in [-0.25, -0.2) is 0 Å². The van der Waals surface area contributed by atoms with Crippen LogP contribution < -0.4 is 5.73 Å². The summed E-state index contributed by atoms with van der Waals surface area (Å²) >= 11 is 0. The fourth-order valence-electron chi connectivity index (χ4n) is 2.80. The molecule has 3 rings (SSSR count). The second-order valence-corrected chi connectivity index (χ2v) is 5.69. The van der Waals surface area contributed by atoms with Gasteiger partial charge in [-0.3, -0.25) is 4.98 Å². The molecule has 0 spiro atoms. The minimum atomic E-state index is -0.0379. The molecular weight excluding hydrogens is 256 g/mol. The first-order chi connectivity index (χ1) is 10.1. The summed E-state index contributed by atoms with van der Waals surface area (Å²) in [6.45, 7) is 4.26. The summed E-state index contributed by atoms with van der Waals surface area (Å²) in [7, 11) is 0. The third-order valence-corrected chi connectivity index (χ3v) is 4.04. The standard InChI is InChI=1S/C19H20N2/c1-13-7-8-14(2)16(9-13)10-19(20)18-12-21-11-15-5-3-4-6-17(15)18/h3-9,11-12,19H,10,20H2,1-2H3. The lowest BCUT2D eigenvalue weighted by Crippen LogP contribution is -2.15. The number of rotatable bonds is 3. The van der Waals surface area contributed by atoms with Crippen molar-refractivity contribution in [2.45, 2.75) is 26.3 Å². The number of hydrogen-bond acceptors (Lipinski definition) is 2. The van der Waals surface area contributed by atoms with Crippen LogP contribution in [-0.2, 0) is 6.42 Å². The van der Waals surface area contributed by atoms with Crippen LogP contribution >= 0.6 is 0 Å². The number of fused-ring (bicyclic) bond motifs is 1. The summed E-state index contributed by atoms with van der Waals surface area (Å²) in [5.74, 6) is 0. The van der Waals surface area contributed by atoms with E-state index in [-0.39, 0.29) is 6.04 Å². The van der Waals surface area contributed by atoms with Crippen LogP contribution in [0.5, 0.6) is 0 Å². The molecule has 1 aromatic heterocycles. The minimum absolute atomic E-state index is 0.0379. The molecule has 0 saturated carbocycles. The smallest absolute Gasteiger partial charge is 0.0357 e. The maximum absolute atomic E-state index is 6.47. The van der Waals surface area contributed by atoms with E-state index in [9.17, 15) is 0 Å². The highest BCUT2D eigenvalue weighted by molar-refractivity contribution is 5.85. The highest BCUT2D eigenvalue weighted by Crippen LogP contribution is 2.25. The molecule has 0 bridgehead atoms. The summed E-state index contributed by atoms with van der Waals surface area (Å²) < 4.78 is 0. The zero-order valence-electron chi connectivity index (χ0n) is 12.5. The van der Waals surface area contributed by atoms with Crippen LogP contribution in [0.4, 0.5) is 0 Å². The SMILES string of the molecule is Cc1ccc(C)c(CC(N)c2cncc3ccccc23)c1. The van der Waals surface area contributed by atoms with Gasteiger partial charge in [-0.15, -0.1) is 0 Å². The Morgan fingerprint density at radius 1 is 1.05 bits per heavy atom. The molecule has 1 atom stereocenters. The molecule has 0 aliphatic rings. The molecule has 21 heavy (non-hydrogen) atoms. The molecule has 0 aliphatic carbocycles. The van der Waals surface area contributed by atoms with Gasteiger partial charge in [0, 0.05) is 23.8 Å². The van der Waals surface area contributed by atoms with Crippen LogP contribution in [0.1, 0.15) is 28.3 Å². The lowest BCUT2D eigenvalue weighted by atomic mass is 9.94. The third-order valence-electron chi connectivity index (χ3n) is 4.04. The van der Waals surface area contributed by atoms with Crippen LogP contribution in [0.2, 0.25) is 0 Å². The Bertz CT molecular complexity index is 772. The van der Waals surface area contributed by atoms with Gasteiger partial charge in [0.2, 0.25) is 0 Å². The van der Waals surface area contributed by atoms with Gasteiger partial charge in [-0.05, 0) is 42.3 Å². The first kappa shape index (κ1) is 13.8. The van der Waals surface area contributed by atoms with E-state index in [1.807, 2.05) is 18.5 Å². The first-order valence-corrected chi connectivity index (χ1v) is 7.29. The van der Waals surface area contributed by atoms with E-state index >= 15 is 0 Å². The Morgan fingerprint density at radius 3 is 2.71 bits per heavy atom. The van der Waals surface area contributed by atoms with Crippen molar-refractivity contribution in [3.8, 4) is 0 Å². The van der Waals surface area contributed by atoms with Gasteiger partial charge in [-0.2, -0.15) is 0 Å². The zero-order chi connectivity index (χ0) is 14.8. The second kappa shape index (κ2) is 5.66. The number of hydrogen-bond donors (Lipinski definition) is 1.